The molecular formula is C13H24ClNO2S. The molecule has 2 aliphatic heterocycles. The molecule has 0 amide bonds. The van der Waals surface area contributed by atoms with E-state index in [9.17, 15) is 8.42 Å². The van der Waals surface area contributed by atoms with Crippen LogP contribution >= 0.6 is 0 Å². The Morgan fingerprint density at radius 3 is 2.06 bits per heavy atom. The topological polar surface area (TPSA) is 34.1 Å². The van der Waals surface area contributed by atoms with Gasteiger partial charge in [0.1, 0.15) is 0 Å². The van der Waals surface area contributed by atoms with Crippen LogP contribution < -0.4 is 12.4 Å². The van der Waals surface area contributed by atoms with Crippen molar-refractivity contribution in [1.29, 1.82) is 0 Å². The molecule has 3 nitrogen and oxygen atoms in total. The van der Waals surface area contributed by atoms with Crippen LogP contribution in [0.4, 0.5) is 0 Å². The molecule has 1 saturated heterocycles. The molecule has 0 atom stereocenters. The van der Waals surface area contributed by atoms with Crippen LogP contribution in [0.3, 0.4) is 0 Å². The number of nitrogens with zero attached hydrogens (tertiary/aromatic N) is 1. The van der Waals surface area contributed by atoms with E-state index in [-0.39, 0.29) is 17.8 Å². The van der Waals surface area contributed by atoms with Gasteiger partial charge in [-0.1, -0.05) is 26.3 Å². The Kier molecular flexibility index (Phi) is 4.57. The van der Waals surface area contributed by atoms with Crippen LogP contribution in [0.15, 0.2) is 11.6 Å². The van der Waals surface area contributed by atoms with Crippen molar-refractivity contribution in [3.63, 3.8) is 0 Å². The van der Waals surface area contributed by atoms with Crippen LogP contribution in [-0.2, 0) is 9.84 Å². The van der Waals surface area contributed by atoms with Gasteiger partial charge in [-0.05, 0) is 11.5 Å². The molecule has 106 valence electrons. The standard InChI is InChI=1S/C13H24NO2S.ClH/c1-13(2,3)12-4-6-14(7-5-12)8-10-17(15,16)11-9-14;/h4H,5-11H2,1-3H3;1H/q+1;/p-1. The summed E-state index contributed by atoms with van der Waals surface area (Å²) in [7, 11) is -2.74. The number of sulfone groups is 1. The summed E-state index contributed by atoms with van der Waals surface area (Å²) in [5.41, 5.74) is 1.81. The summed E-state index contributed by atoms with van der Waals surface area (Å²) in [6.07, 6.45) is 3.49. The Hall–Kier alpha value is -0.0600. The SMILES string of the molecule is CC(C)(C)C1=CC[N+]2(CC1)CCS(=O)(=O)CC2.[Cl-]. The van der Waals surface area contributed by atoms with E-state index in [0.29, 0.717) is 11.5 Å². The van der Waals surface area contributed by atoms with Gasteiger partial charge < -0.3 is 16.9 Å². The van der Waals surface area contributed by atoms with Crippen LogP contribution in [0.2, 0.25) is 0 Å². The predicted molar refractivity (Wildman–Crippen MR) is 70.5 cm³/mol. The van der Waals surface area contributed by atoms with E-state index in [1.165, 1.54) is 5.57 Å². The van der Waals surface area contributed by atoms with Gasteiger partial charge in [0.15, 0.2) is 9.84 Å². The quantitative estimate of drug-likeness (QED) is 0.407. The summed E-state index contributed by atoms with van der Waals surface area (Å²) in [4.78, 5) is 0. The third-order valence-electron chi connectivity index (χ3n) is 4.30. The Morgan fingerprint density at radius 1 is 1.11 bits per heavy atom. The summed E-state index contributed by atoms with van der Waals surface area (Å²) >= 11 is 0. The largest absolute Gasteiger partial charge is 1.00 e. The van der Waals surface area contributed by atoms with E-state index in [1.807, 2.05) is 0 Å². The maximum Gasteiger partial charge on any atom is 0.161 e. The van der Waals surface area contributed by atoms with Crippen molar-refractivity contribution in [2.45, 2.75) is 27.2 Å². The molecule has 0 aromatic rings. The number of hydrogen-bond donors (Lipinski definition) is 0. The van der Waals surface area contributed by atoms with Crippen molar-refractivity contribution in [2.75, 3.05) is 37.7 Å². The highest BCUT2D eigenvalue weighted by atomic mass is 35.5. The van der Waals surface area contributed by atoms with Gasteiger partial charge in [-0.25, -0.2) is 8.42 Å². The Morgan fingerprint density at radius 2 is 1.67 bits per heavy atom. The number of hydrogen-bond acceptors (Lipinski definition) is 2. The fourth-order valence-electron chi connectivity index (χ4n) is 2.82. The van der Waals surface area contributed by atoms with E-state index in [0.717, 1.165) is 37.1 Å². The minimum Gasteiger partial charge on any atom is -1.00 e. The van der Waals surface area contributed by atoms with Gasteiger partial charge in [0, 0.05) is 6.42 Å². The molecule has 0 N–H and O–H groups in total. The van der Waals surface area contributed by atoms with E-state index in [1.54, 1.807) is 0 Å². The van der Waals surface area contributed by atoms with Crippen LogP contribution in [0.5, 0.6) is 0 Å². The predicted octanol–water partition coefficient (Wildman–Crippen LogP) is -1.39. The minimum absolute atomic E-state index is 0. The lowest BCUT2D eigenvalue weighted by Gasteiger charge is -2.44. The van der Waals surface area contributed by atoms with Crippen molar-refractivity contribution in [3.8, 4) is 0 Å². The van der Waals surface area contributed by atoms with Crippen molar-refractivity contribution >= 4 is 9.84 Å². The first kappa shape index (κ1) is 16.0. The summed E-state index contributed by atoms with van der Waals surface area (Å²) in [6.45, 7) is 10.6. The summed E-state index contributed by atoms with van der Waals surface area (Å²) < 4.78 is 23.9. The van der Waals surface area contributed by atoms with E-state index < -0.39 is 9.84 Å². The lowest BCUT2D eigenvalue weighted by Crippen LogP contribution is -3.00. The average Bonchev–Trinajstić information content (AvgIpc) is 2.23. The average molecular weight is 294 g/mol. The maximum absolute atomic E-state index is 11.5. The minimum atomic E-state index is -2.74. The van der Waals surface area contributed by atoms with Crippen molar-refractivity contribution in [2.24, 2.45) is 5.41 Å². The fourth-order valence-corrected chi connectivity index (χ4v) is 4.36. The van der Waals surface area contributed by atoms with Gasteiger partial charge >= 0.3 is 0 Å². The van der Waals surface area contributed by atoms with E-state index in [2.05, 4.69) is 26.8 Å². The molecule has 2 aliphatic rings. The molecule has 2 heterocycles. The zero-order valence-electron chi connectivity index (χ0n) is 11.6. The fraction of sp³-hybridized carbons (Fsp3) is 0.846. The second-order valence-electron chi connectivity index (χ2n) is 6.58. The van der Waals surface area contributed by atoms with Gasteiger partial charge in [0.2, 0.25) is 0 Å². The van der Waals surface area contributed by atoms with Gasteiger partial charge in [0.05, 0.1) is 37.7 Å². The van der Waals surface area contributed by atoms with Crippen molar-refractivity contribution < 1.29 is 25.3 Å². The lowest BCUT2D eigenvalue weighted by molar-refractivity contribution is -0.921. The van der Waals surface area contributed by atoms with Crippen LogP contribution in [0.1, 0.15) is 27.2 Å². The first-order chi connectivity index (χ1) is 7.73. The molecular weight excluding hydrogens is 270 g/mol. The molecule has 0 bridgehead atoms. The highest BCUT2D eigenvalue weighted by Gasteiger charge is 2.38. The zero-order valence-corrected chi connectivity index (χ0v) is 13.1. The molecule has 1 fully saturated rings. The van der Waals surface area contributed by atoms with Crippen LogP contribution in [0.25, 0.3) is 0 Å². The first-order valence-corrected chi connectivity index (χ1v) is 8.30. The van der Waals surface area contributed by atoms with E-state index in [4.69, 9.17) is 0 Å². The lowest BCUT2D eigenvalue weighted by atomic mass is 9.82. The molecule has 18 heavy (non-hydrogen) atoms. The molecule has 0 aromatic carbocycles. The zero-order chi connectivity index (χ0) is 12.7. The molecule has 0 aromatic heterocycles. The smallest absolute Gasteiger partial charge is 0.161 e. The first-order valence-electron chi connectivity index (χ1n) is 6.48. The summed E-state index contributed by atoms with van der Waals surface area (Å²) in [5.74, 6) is 0.761. The molecule has 0 radical (unpaired) electrons. The van der Waals surface area contributed by atoms with Gasteiger partial charge in [-0.3, -0.25) is 0 Å². The van der Waals surface area contributed by atoms with Crippen LogP contribution in [0, 0.1) is 5.41 Å². The van der Waals surface area contributed by atoms with Crippen LogP contribution in [-0.4, -0.2) is 50.6 Å². The third kappa shape index (κ3) is 3.49. The van der Waals surface area contributed by atoms with E-state index >= 15 is 0 Å². The van der Waals surface area contributed by atoms with Crippen molar-refractivity contribution in [3.05, 3.63) is 11.6 Å². The number of halogens is 1. The highest BCUT2D eigenvalue weighted by Crippen LogP contribution is 2.33. The summed E-state index contributed by atoms with van der Waals surface area (Å²) in [5, 5.41) is 0. The third-order valence-corrected chi connectivity index (χ3v) is 5.91. The molecule has 5 heteroatoms. The molecule has 1 spiro atoms. The number of quaternary nitrogens is 1. The molecule has 0 unspecified atom stereocenters. The Labute approximate surface area is 117 Å². The maximum atomic E-state index is 11.5. The van der Waals surface area contributed by atoms with Gasteiger partial charge in [-0.15, -0.1) is 0 Å². The van der Waals surface area contributed by atoms with Gasteiger partial charge in [0.25, 0.3) is 0 Å². The highest BCUT2D eigenvalue weighted by molar-refractivity contribution is 7.91. The molecule has 0 saturated carbocycles. The Balaban J connectivity index is 0.00000162. The van der Waals surface area contributed by atoms with Gasteiger partial charge in [-0.2, -0.15) is 0 Å². The normalized spacial score (nSPS) is 26.3. The molecule has 0 aliphatic carbocycles. The molecule has 2 rings (SSSR count). The second kappa shape index (κ2) is 5.14. The van der Waals surface area contributed by atoms with Crippen molar-refractivity contribution in [1.82, 2.24) is 0 Å². The Bertz CT molecular complexity index is 420. The second-order valence-corrected chi connectivity index (χ2v) is 8.88. The summed E-state index contributed by atoms with van der Waals surface area (Å²) in [6, 6.07) is 0. The number of rotatable bonds is 0. The monoisotopic (exact) mass is 293 g/mol.